The molecule has 0 unspecified atom stereocenters. The highest BCUT2D eigenvalue weighted by molar-refractivity contribution is 6.31. The van der Waals surface area contributed by atoms with Gasteiger partial charge in [0.2, 0.25) is 0 Å². The Morgan fingerprint density at radius 1 is 1.58 bits per heavy atom. The van der Waals surface area contributed by atoms with Crippen molar-refractivity contribution in [1.29, 1.82) is 0 Å². The lowest BCUT2D eigenvalue weighted by molar-refractivity contribution is 0.0211. The number of nitrogens with zero attached hydrogens (tertiary/aromatic N) is 1. The van der Waals surface area contributed by atoms with Gasteiger partial charge in [-0.3, -0.25) is 0 Å². The van der Waals surface area contributed by atoms with Crippen LogP contribution in [-0.2, 0) is 4.74 Å². The first kappa shape index (κ1) is 7.83. The first-order valence-corrected chi connectivity index (χ1v) is 4.19. The molecule has 0 spiro atoms. The van der Waals surface area contributed by atoms with Gasteiger partial charge in [0.05, 0.1) is 24.9 Å². The van der Waals surface area contributed by atoms with Gasteiger partial charge in [0.1, 0.15) is 0 Å². The van der Waals surface area contributed by atoms with Crippen LogP contribution in [0.25, 0.3) is 0 Å². The van der Waals surface area contributed by atoms with E-state index in [9.17, 15) is 0 Å². The maximum absolute atomic E-state index is 5.83. The topological polar surface area (TPSA) is 34.2 Å². The van der Waals surface area contributed by atoms with Gasteiger partial charge in [-0.15, -0.1) is 0 Å². The zero-order chi connectivity index (χ0) is 8.39. The number of anilines is 1. The Labute approximate surface area is 75.7 Å². The van der Waals surface area contributed by atoms with Crippen LogP contribution < -0.4 is 5.32 Å². The van der Waals surface area contributed by atoms with Gasteiger partial charge in [0.15, 0.2) is 5.15 Å². The quantitative estimate of drug-likeness (QED) is 0.709. The average Bonchev–Trinajstić information content (AvgIpc) is 2.00. The summed E-state index contributed by atoms with van der Waals surface area (Å²) in [4.78, 5) is 3.95. The van der Waals surface area contributed by atoms with Crippen molar-refractivity contribution in [3.63, 3.8) is 0 Å². The predicted molar refractivity (Wildman–Crippen MR) is 47.5 cm³/mol. The summed E-state index contributed by atoms with van der Waals surface area (Å²) in [6.45, 7) is 1.51. The predicted octanol–water partition coefficient (Wildman–Crippen LogP) is 1.55. The summed E-state index contributed by atoms with van der Waals surface area (Å²) in [5.74, 6) is 0. The summed E-state index contributed by atoms with van der Waals surface area (Å²) in [5.41, 5.74) is 0.882. The molecule has 0 saturated carbocycles. The first-order valence-electron chi connectivity index (χ1n) is 3.81. The molecule has 4 heteroatoms. The Hall–Kier alpha value is -0.800. The van der Waals surface area contributed by atoms with Gasteiger partial charge in [-0.2, -0.15) is 0 Å². The lowest BCUT2D eigenvalue weighted by Crippen LogP contribution is -2.40. The normalized spacial score (nSPS) is 17.1. The molecule has 1 aliphatic rings. The fourth-order valence-electron chi connectivity index (χ4n) is 1.03. The maximum Gasteiger partial charge on any atom is 0.152 e. The van der Waals surface area contributed by atoms with Crippen LogP contribution in [0.4, 0.5) is 5.69 Å². The van der Waals surface area contributed by atoms with Gasteiger partial charge < -0.3 is 10.1 Å². The standard InChI is InChI=1S/C8H9ClN2O/c9-8-7(2-1-3-10-8)11-6-4-12-5-6/h1-3,6,11H,4-5H2. The lowest BCUT2D eigenvalue weighted by atomic mass is 10.2. The third-order valence-corrected chi connectivity index (χ3v) is 2.06. The van der Waals surface area contributed by atoms with Crippen molar-refractivity contribution in [2.24, 2.45) is 0 Å². The number of aromatic nitrogens is 1. The van der Waals surface area contributed by atoms with Crippen LogP contribution in [0.1, 0.15) is 0 Å². The Balaban J connectivity index is 2.06. The third-order valence-electron chi connectivity index (χ3n) is 1.76. The maximum atomic E-state index is 5.83. The van der Waals surface area contributed by atoms with Crippen LogP contribution >= 0.6 is 11.6 Å². The van der Waals surface area contributed by atoms with Crippen LogP contribution in [0.15, 0.2) is 18.3 Å². The number of pyridine rings is 1. The van der Waals surface area contributed by atoms with Crippen molar-refractivity contribution in [3.8, 4) is 0 Å². The summed E-state index contributed by atoms with van der Waals surface area (Å²) >= 11 is 5.83. The van der Waals surface area contributed by atoms with E-state index in [0.29, 0.717) is 11.2 Å². The fourth-order valence-corrected chi connectivity index (χ4v) is 1.21. The molecule has 1 aromatic rings. The molecule has 0 radical (unpaired) electrons. The van der Waals surface area contributed by atoms with Gasteiger partial charge in [-0.25, -0.2) is 4.98 Å². The largest absolute Gasteiger partial charge is 0.377 e. The molecule has 0 bridgehead atoms. The molecule has 0 aromatic carbocycles. The number of nitrogens with one attached hydrogen (secondary N) is 1. The minimum absolute atomic E-state index is 0.395. The Kier molecular flexibility index (Phi) is 2.15. The molecule has 1 aromatic heterocycles. The second-order valence-corrected chi connectivity index (χ2v) is 3.08. The lowest BCUT2D eigenvalue weighted by Gasteiger charge is -2.27. The Morgan fingerprint density at radius 2 is 2.42 bits per heavy atom. The number of hydrogen-bond donors (Lipinski definition) is 1. The van der Waals surface area contributed by atoms with Crippen molar-refractivity contribution >= 4 is 17.3 Å². The van der Waals surface area contributed by atoms with E-state index in [1.165, 1.54) is 0 Å². The number of rotatable bonds is 2. The molecule has 1 N–H and O–H groups in total. The number of hydrogen-bond acceptors (Lipinski definition) is 3. The highest BCUT2D eigenvalue weighted by Crippen LogP contribution is 2.19. The molecule has 1 saturated heterocycles. The molecule has 2 rings (SSSR count). The molecule has 0 amide bonds. The summed E-state index contributed by atoms with van der Waals surface area (Å²) in [6, 6.07) is 4.16. The number of ether oxygens (including phenoxy) is 1. The van der Waals surface area contributed by atoms with E-state index in [1.54, 1.807) is 6.20 Å². The molecule has 0 atom stereocenters. The second-order valence-electron chi connectivity index (χ2n) is 2.72. The average molecular weight is 185 g/mol. The number of halogens is 1. The SMILES string of the molecule is Clc1ncccc1NC1COC1. The summed E-state index contributed by atoms with van der Waals surface area (Å²) < 4.78 is 5.02. The molecule has 2 heterocycles. The molecule has 0 aliphatic carbocycles. The van der Waals surface area contributed by atoms with Crippen LogP contribution in [-0.4, -0.2) is 24.2 Å². The van der Waals surface area contributed by atoms with Crippen LogP contribution in [0.5, 0.6) is 0 Å². The van der Waals surface area contributed by atoms with E-state index in [0.717, 1.165) is 18.9 Å². The Morgan fingerprint density at radius 3 is 3.00 bits per heavy atom. The molecule has 12 heavy (non-hydrogen) atoms. The van der Waals surface area contributed by atoms with E-state index in [1.807, 2.05) is 12.1 Å². The molecule has 64 valence electrons. The van der Waals surface area contributed by atoms with E-state index in [2.05, 4.69) is 10.3 Å². The highest BCUT2D eigenvalue weighted by atomic mass is 35.5. The molecule has 1 fully saturated rings. The minimum Gasteiger partial charge on any atom is -0.377 e. The summed E-state index contributed by atoms with van der Waals surface area (Å²) in [6.07, 6.45) is 1.67. The van der Waals surface area contributed by atoms with E-state index < -0.39 is 0 Å². The van der Waals surface area contributed by atoms with Crippen LogP contribution in [0.2, 0.25) is 5.15 Å². The van der Waals surface area contributed by atoms with Crippen LogP contribution in [0.3, 0.4) is 0 Å². The third kappa shape index (κ3) is 1.52. The second kappa shape index (κ2) is 3.29. The Bertz CT molecular complexity index is 276. The fraction of sp³-hybridized carbons (Fsp3) is 0.375. The van der Waals surface area contributed by atoms with Gasteiger partial charge in [0.25, 0.3) is 0 Å². The van der Waals surface area contributed by atoms with E-state index in [-0.39, 0.29) is 0 Å². The highest BCUT2D eigenvalue weighted by Gasteiger charge is 2.18. The van der Waals surface area contributed by atoms with Gasteiger partial charge in [-0.1, -0.05) is 11.6 Å². The van der Waals surface area contributed by atoms with Crippen molar-refractivity contribution in [2.75, 3.05) is 18.5 Å². The molecular formula is C8H9ClN2O. The van der Waals surface area contributed by atoms with Gasteiger partial charge in [0, 0.05) is 6.20 Å². The van der Waals surface area contributed by atoms with E-state index >= 15 is 0 Å². The van der Waals surface area contributed by atoms with Crippen molar-refractivity contribution in [3.05, 3.63) is 23.5 Å². The zero-order valence-corrected chi connectivity index (χ0v) is 7.21. The summed E-state index contributed by atoms with van der Waals surface area (Å²) in [7, 11) is 0. The van der Waals surface area contributed by atoms with Gasteiger partial charge in [-0.05, 0) is 12.1 Å². The van der Waals surface area contributed by atoms with Gasteiger partial charge >= 0.3 is 0 Å². The monoisotopic (exact) mass is 184 g/mol. The minimum atomic E-state index is 0.395. The first-order chi connectivity index (χ1) is 5.86. The van der Waals surface area contributed by atoms with Crippen molar-refractivity contribution in [2.45, 2.75) is 6.04 Å². The van der Waals surface area contributed by atoms with Crippen LogP contribution in [0, 0.1) is 0 Å². The van der Waals surface area contributed by atoms with Crippen molar-refractivity contribution < 1.29 is 4.74 Å². The summed E-state index contributed by atoms with van der Waals surface area (Å²) in [5, 5.41) is 3.75. The molecule has 1 aliphatic heterocycles. The molecule has 3 nitrogen and oxygen atoms in total. The smallest absolute Gasteiger partial charge is 0.152 e. The zero-order valence-electron chi connectivity index (χ0n) is 6.46. The molecular weight excluding hydrogens is 176 g/mol. The van der Waals surface area contributed by atoms with Crippen molar-refractivity contribution in [1.82, 2.24) is 4.98 Å². The van der Waals surface area contributed by atoms with E-state index in [4.69, 9.17) is 16.3 Å².